The van der Waals surface area contributed by atoms with E-state index in [0.29, 0.717) is 20.8 Å². The highest BCUT2D eigenvalue weighted by molar-refractivity contribution is 6.70. The van der Waals surface area contributed by atoms with Crippen molar-refractivity contribution in [3.63, 3.8) is 0 Å². The summed E-state index contributed by atoms with van der Waals surface area (Å²) in [6, 6.07) is 5.30. The molecule has 0 heterocycles. The average molecular weight is 251 g/mol. The fourth-order valence-corrected chi connectivity index (χ4v) is 1.86. The Kier molecular flexibility index (Phi) is 4.24. The van der Waals surface area contributed by atoms with E-state index in [2.05, 4.69) is 4.99 Å². The molecule has 14 heavy (non-hydrogen) atoms. The molecule has 0 atom stereocenters. The van der Waals surface area contributed by atoms with Gasteiger partial charge in [0.05, 0.1) is 5.02 Å². The van der Waals surface area contributed by atoms with Crippen molar-refractivity contribution in [1.29, 1.82) is 0 Å². The molecule has 0 bridgehead atoms. The van der Waals surface area contributed by atoms with Crippen LogP contribution in [0, 0.1) is 0 Å². The molecule has 1 nitrogen and oxygen atoms in total. The SMILES string of the molecule is CC(C)N=C(Cl)c1ccc(Cl)cc1Cl. The molecule has 0 saturated carbocycles. The molecule has 1 aromatic carbocycles. The summed E-state index contributed by atoms with van der Waals surface area (Å²) in [5.74, 6) is 0. The molecule has 1 rings (SSSR count). The van der Waals surface area contributed by atoms with Crippen LogP contribution in [0.15, 0.2) is 23.2 Å². The molecule has 0 aromatic heterocycles. The van der Waals surface area contributed by atoms with E-state index in [4.69, 9.17) is 34.8 Å². The van der Waals surface area contributed by atoms with Gasteiger partial charge >= 0.3 is 0 Å². The third-order valence-corrected chi connectivity index (χ3v) is 2.37. The molecule has 0 unspecified atom stereocenters. The Bertz CT molecular complexity index is 358. The lowest BCUT2D eigenvalue weighted by atomic mass is 10.2. The van der Waals surface area contributed by atoms with Gasteiger partial charge in [0.15, 0.2) is 0 Å². The highest BCUT2D eigenvalue weighted by Gasteiger charge is 2.06. The number of hydrogen-bond acceptors (Lipinski definition) is 1. The smallest absolute Gasteiger partial charge is 0.132 e. The number of halogens is 3. The van der Waals surface area contributed by atoms with Crippen molar-refractivity contribution in [3.05, 3.63) is 33.8 Å². The first-order chi connectivity index (χ1) is 6.50. The second-order valence-electron chi connectivity index (χ2n) is 3.14. The van der Waals surface area contributed by atoms with Crippen LogP contribution in [0.5, 0.6) is 0 Å². The van der Waals surface area contributed by atoms with Gasteiger partial charge < -0.3 is 0 Å². The Morgan fingerprint density at radius 1 is 1.29 bits per heavy atom. The topological polar surface area (TPSA) is 12.4 Å². The van der Waals surface area contributed by atoms with Crippen molar-refractivity contribution in [2.24, 2.45) is 4.99 Å². The minimum absolute atomic E-state index is 0.147. The third kappa shape index (κ3) is 3.16. The molecular formula is C10H10Cl3N. The minimum atomic E-state index is 0.147. The van der Waals surface area contributed by atoms with Crippen molar-refractivity contribution in [2.75, 3.05) is 0 Å². The molecular weight excluding hydrogens is 240 g/mol. The van der Waals surface area contributed by atoms with Crippen LogP contribution in [-0.2, 0) is 0 Å². The Labute approximate surface area is 98.7 Å². The maximum atomic E-state index is 5.98. The minimum Gasteiger partial charge on any atom is -0.270 e. The molecule has 4 heteroatoms. The van der Waals surface area contributed by atoms with E-state index in [1.165, 1.54) is 0 Å². The van der Waals surface area contributed by atoms with E-state index in [1.54, 1.807) is 18.2 Å². The zero-order chi connectivity index (χ0) is 10.7. The molecule has 0 saturated heterocycles. The van der Waals surface area contributed by atoms with E-state index in [9.17, 15) is 0 Å². The zero-order valence-electron chi connectivity index (χ0n) is 7.89. The highest BCUT2D eigenvalue weighted by Crippen LogP contribution is 2.23. The van der Waals surface area contributed by atoms with Crippen LogP contribution >= 0.6 is 34.8 Å². The first-order valence-corrected chi connectivity index (χ1v) is 5.33. The van der Waals surface area contributed by atoms with E-state index in [-0.39, 0.29) is 6.04 Å². The quantitative estimate of drug-likeness (QED) is 0.691. The van der Waals surface area contributed by atoms with Crippen LogP contribution in [0.25, 0.3) is 0 Å². The maximum absolute atomic E-state index is 5.98. The molecule has 1 aromatic rings. The van der Waals surface area contributed by atoms with Crippen molar-refractivity contribution < 1.29 is 0 Å². The molecule has 0 radical (unpaired) electrons. The summed E-state index contributed by atoms with van der Waals surface area (Å²) in [5, 5.41) is 1.53. The largest absolute Gasteiger partial charge is 0.270 e. The van der Waals surface area contributed by atoms with Crippen LogP contribution in [0.2, 0.25) is 10.0 Å². The molecule has 0 aliphatic heterocycles. The van der Waals surface area contributed by atoms with E-state index in [1.807, 2.05) is 13.8 Å². The zero-order valence-corrected chi connectivity index (χ0v) is 10.2. The maximum Gasteiger partial charge on any atom is 0.132 e. The summed E-state index contributed by atoms with van der Waals surface area (Å²) in [4.78, 5) is 4.19. The second kappa shape index (κ2) is 5.01. The Hall–Kier alpha value is -0.240. The van der Waals surface area contributed by atoms with Gasteiger partial charge in [-0.05, 0) is 32.0 Å². The van der Waals surface area contributed by atoms with Crippen molar-refractivity contribution in [2.45, 2.75) is 19.9 Å². The predicted octanol–water partition coefficient (Wildman–Crippen LogP) is 4.39. The van der Waals surface area contributed by atoms with E-state index in [0.717, 1.165) is 0 Å². The molecule has 0 aliphatic carbocycles. The second-order valence-corrected chi connectivity index (χ2v) is 4.34. The number of aliphatic imine (C=N–C) groups is 1. The van der Waals surface area contributed by atoms with E-state index < -0.39 is 0 Å². The van der Waals surface area contributed by atoms with Crippen molar-refractivity contribution in [1.82, 2.24) is 0 Å². The standard InChI is InChI=1S/C10H10Cl3N/c1-6(2)14-10(13)8-4-3-7(11)5-9(8)12/h3-6H,1-2H3. The summed E-state index contributed by atoms with van der Waals surface area (Å²) in [6.45, 7) is 3.90. The fourth-order valence-electron chi connectivity index (χ4n) is 0.953. The van der Waals surface area contributed by atoms with Gasteiger partial charge in [-0.25, -0.2) is 0 Å². The van der Waals surface area contributed by atoms with Crippen LogP contribution < -0.4 is 0 Å². The lowest BCUT2D eigenvalue weighted by molar-refractivity contribution is 0.839. The lowest BCUT2D eigenvalue weighted by Crippen LogP contribution is -1.98. The summed E-state index contributed by atoms with van der Waals surface area (Å²) < 4.78 is 0. The number of nitrogens with zero attached hydrogens (tertiary/aromatic N) is 1. The van der Waals surface area contributed by atoms with Gasteiger partial charge in [0.1, 0.15) is 5.17 Å². The molecule has 0 fully saturated rings. The third-order valence-electron chi connectivity index (χ3n) is 1.52. The Morgan fingerprint density at radius 2 is 1.93 bits per heavy atom. The lowest BCUT2D eigenvalue weighted by Gasteiger charge is -2.04. The molecule has 76 valence electrons. The summed E-state index contributed by atoms with van der Waals surface area (Å²) in [6.07, 6.45) is 0. The predicted molar refractivity (Wildman–Crippen MR) is 64.0 cm³/mol. The van der Waals surface area contributed by atoms with Crippen LogP contribution in [0.3, 0.4) is 0 Å². The first-order valence-electron chi connectivity index (χ1n) is 4.19. The van der Waals surface area contributed by atoms with Crippen LogP contribution in [0.4, 0.5) is 0 Å². The molecule has 0 aliphatic rings. The molecule has 0 amide bonds. The van der Waals surface area contributed by atoms with Crippen molar-refractivity contribution in [3.8, 4) is 0 Å². The van der Waals surface area contributed by atoms with E-state index >= 15 is 0 Å². The first kappa shape index (κ1) is 11.8. The Balaban J connectivity index is 3.07. The van der Waals surface area contributed by atoms with Gasteiger partial charge in [0.25, 0.3) is 0 Å². The molecule has 0 spiro atoms. The van der Waals surface area contributed by atoms with Crippen LogP contribution in [-0.4, -0.2) is 11.2 Å². The normalized spacial score (nSPS) is 12.3. The van der Waals surface area contributed by atoms with Gasteiger partial charge in [0.2, 0.25) is 0 Å². The van der Waals surface area contributed by atoms with Gasteiger partial charge in [-0.3, -0.25) is 4.99 Å². The fraction of sp³-hybridized carbons (Fsp3) is 0.300. The van der Waals surface area contributed by atoms with Gasteiger partial charge in [-0.2, -0.15) is 0 Å². The summed E-state index contributed by atoms with van der Waals surface area (Å²) in [7, 11) is 0. The number of benzene rings is 1. The Morgan fingerprint density at radius 3 is 2.43 bits per heavy atom. The van der Waals surface area contributed by atoms with Crippen LogP contribution in [0.1, 0.15) is 19.4 Å². The van der Waals surface area contributed by atoms with Gasteiger partial charge in [0, 0.05) is 16.6 Å². The number of rotatable bonds is 2. The van der Waals surface area contributed by atoms with Gasteiger partial charge in [-0.15, -0.1) is 0 Å². The van der Waals surface area contributed by atoms with Gasteiger partial charge in [-0.1, -0.05) is 34.8 Å². The summed E-state index contributed by atoms with van der Waals surface area (Å²) in [5.41, 5.74) is 0.714. The summed E-state index contributed by atoms with van der Waals surface area (Å²) >= 11 is 17.7. The molecule has 0 N–H and O–H groups in total. The average Bonchev–Trinajstić information content (AvgIpc) is 2.01. The monoisotopic (exact) mass is 249 g/mol. The number of hydrogen-bond donors (Lipinski definition) is 0. The highest BCUT2D eigenvalue weighted by atomic mass is 35.5. The van der Waals surface area contributed by atoms with Crippen molar-refractivity contribution >= 4 is 40.0 Å².